The Labute approximate surface area is 173 Å². The second-order valence-electron chi connectivity index (χ2n) is 7.04. The first-order valence-electron chi connectivity index (χ1n) is 9.63. The van der Waals surface area contributed by atoms with Crippen LogP contribution in [0.3, 0.4) is 0 Å². The first-order chi connectivity index (χ1) is 14.7. The third kappa shape index (κ3) is 3.14. The molecule has 146 valence electrons. The minimum absolute atomic E-state index is 0.165. The molecule has 2 heterocycles. The van der Waals surface area contributed by atoms with Gasteiger partial charge in [-0.25, -0.2) is 4.98 Å². The number of rotatable bonds is 4. The topological polar surface area (TPSA) is 75.6 Å². The van der Waals surface area contributed by atoms with E-state index in [-0.39, 0.29) is 5.91 Å². The summed E-state index contributed by atoms with van der Waals surface area (Å²) in [4.78, 5) is 17.7. The van der Waals surface area contributed by atoms with E-state index in [2.05, 4.69) is 20.5 Å². The number of aromatic nitrogens is 4. The molecule has 3 aromatic carbocycles. The standard InChI is InChI=1S/C24H19N5O/c1-29-15-19(17-11-6-8-14-21(17)29)24(30)25-20-13-7-5-12-18(20)23-26-22(27-28-23)16-9-3-2-4-10-16/h2-15H,1H3,(H,25,30)(H,26,27,28). The quantitative estimate of drug-likeness (QED) is 0.457. The van der Waals surface area contributed by atoms with E-state index in [1.54, 1.807) is 0 Å². The molecule has 0 spiro atoms. The van der Waals surface area contributed by atoms with Crippen molar-refractivity contribution < 1.29 is 4.79 Å². The highest BCUT2D eigenvalue weighted by Gasteiger charge is 2.17. The number of para-hydroxylation sites is 2. The molecule has 0 aliphatic carbocycles. The lowest BCUT2D eigenvalue weighted by molar-refractivity contribution is 0.102. The van der Waals surface area contributed by atoms with E-state index in [0.717, 1.165) is 22.0 Å². The number of amides is 1. The zero-order valence-corrected chi connectivity index (χ0v) is 16.3. The molecule has 0 saturated heterocycles. The van der Waals surface area contributed by atoms with Crippen LogP contribution in [-0.2, 0) is 7.05 Å². The zero-order valence-electron chi connectivity index (χ0n) is 16.3. The van der Waals surface area contributed by atoms with Crippen LogP contribution in [0.5, 0.6) is 0 Å². The molecule has 0 atom stereocenters. The third-order valence-corrected chi connectivity index (χ3v) is 5.09. The molecule has 2 aromatic heterocycles. The van der Waals surface area contributed by atoms with Gasteiger partial charge in [-0.2, -0.15) is 5.10 Å². The van der Waals surface area contributed by atoms with E-state index < -0.39 is 0 Å². The summed E-state index contributed by atoms with van der Waals surface area (Å²) in [5.74, 6) is 1.05. The lowest BCUT2D eigenvalue weighted by atomic mass is 10.1. The predicted molar refractivity (Wildman–Crippen MR) is 118 cm³/mol. The second-order valence-corrected chi connectivity index (χ2v) is 7.04. The average Bonchev–Trinajstić information content (AvgIpc) is 3.40. The summed E-state index contributed by atoms with van der Waals surface area (Å²) in [6.07, 6.45) is 1.85. The number of benzene rings is 3. The van der Waals surface area contributed by atoms with E-state index in [1.807, 2.05) is 96.7 Å². The number of fused-ring (bicyclic) bond motifs is 1. The number of aryl methyl sites for hydroxylation is 1. The van der Waals surface area contributed by atoms with Gasteiger partial charge in [0, 0.05) is 35.3 Å². The van der Waals surface area contributed by atoms with Crippen molar-refractivity contribution >= 4 is 22.5 Å². The number of hydrogen-bond acceptors (Lipinski definition) is 3. The molecule has 0 saturated carbocycles. The Balaban J connectivity index is 1.48. The van der Waals surface area contributed by atoms with Gasteiger partial charge in [0.15, 0.2) is 11.6 Å². The van der Waals surface area contributed by atoms with Crippen LogP contribution in [0.25, 0.3) is 33.7 Å². The summed E-state index contributed by atoms with van der Waals surface area (Å²) < 4.78 is 1.96. The fraction of sp³-hybridized carbons (Fsp3) is 0.0417. The number of aromatic amines is 1. The van der Waals surface area contributed by atoms with Gasteiger partial charge in [-0.15, -0.1) is 0 Å². The Morgan fingerprint density at radius 2 is 1.67 bits per heavy atom. The number of nitrogens with zero attached hydrogens (tertiary/aromatic N) is 3. The van der Waals surface area contributed by atoms with Gasteiger partial charge in [0.05, 0.1) is 11.3 Å². The summed E-state index contributed by atoms with van der Waals surface area (Å²) >= 11 is 0. The van der Waals surface area contributed by atoms with Crippen molar-refractivity contribution in [1.82, 2.24) is 19.7 Å². The van der Waals surface area contributed by atoms with Gasteiger partial charge >= 0.3 is 0 Å². The smallest absolute Gasteiger partial charge is 0.257 e. The van der Waals surface area contributed by atoms with Crippen LogP contribution < -0.4 is 5.32 Å². The summed E-state index contributed by atoms with van der Waals surface area (Å²) in [7, 11) is 1.94. The van der Waals surface area contributed by atoms with Gasteiger partial charge in [-0.1, -0.05) is 60.7 Å². The van der Waals surface area contributed by atoms with Crippen molar-refractivity contribution in [2.45, 2.75) is 0 Å². The van der Waals surface area contributed by atoms with Crippen LogP contribution in [0, 0.1) is 0 Å². The maximum atomic E-state index is 13.1. The van der Waals surface area contributed by atoms with Crippen molar-refractivity contribution in [2.75, 3.05) is 5.32 Å². The number of hydrogen-bond donors (Lipinski definition) is 2. The average molecular weight is 393 g/mol. The Morgan fingerprint density at radius 1 is 0.933 bits per heavy atom. The highest BCUT2D eigenvalue weighted by Crippen LogP contribution is 2.28. The Hall–Kier alpha value is -4.19. The lowest BCUT2D eigenvalue weighted by Crippen LogP contribution is -2.12. The SMILES string of the molecule is Cn1cc(C(=O)Nc2ccccc2-c2nc(-c3ccccc3)n[nH]2)c2ccccc21. The molecular formula is C24H19N5O. The molecule has 0 fully saturated rings. The first-order valence-corrected chi connectivity index (χ1v) is 9.63. The van der Waals surface area contributed by atoms with Crippen LogP contribution in [0.4, 0.5) is 5.69 Å². The van der Waals surface area contributed by atoms with Gasteiger partial charge < -0.3 is 9.88 Å². The monoisotopic (exact) mass is 393 g/mol. The van der Waals surface area contributed by atoms with Crippen LogP contribution in [-0.4, -0.2) is 25.7 Å². The predicted octanol–water partition coefficient (Wildman–Crippen LogP) is 4.88. The van der Waals surface area contributed by atoms with E-state index in [0.29, 0.717) is 22.9 Å². The Morgan fingerprint density at radius 3 is 2.53 bits per heavy atom. The van der Waals surface area contributed by atoms with E-state index in [9.17, 15) is 4.79 Å². The molecular weight excluding hydrogens is 374 g/mol. The van der Waals surface area contributed by atoms with E-state index in [4.69, 9.17) is 0 Å². The van der Waals surface area contributed by atoms with Crippen molar-refractivity contribution in [1.29, 1.82) is 0 Å². The first kappa shape index (κ1) is 17.9. The molecule has 1 amide bonds. The van der Waals surface area contributed by atoms with E-state index in [1.165, 1.54) is 0 Å². The number of H-pyrrole nitrogens is 1. The third-order valence-electron chi connectivity index (χ3n) is 5.09. The number of carbonyl (C=O) groups excluding carboxylic acids is 1. The molecule has 6 nitrogen and oxygen atoms in total. The maximum absolute atomic E-state index is 13.1. The van der Waals surface area contributed by atoms with Gasteiger partial charge in [0.25, 0.3) is 5.91 Å². The summed E-state index contributed by atoms with van der Waals surface area (Å²) in [6.45, 7) is 0. The lowest BCUT2D eigenvalue weighted by Gasteiger charge is -2.09. The molecule has 5 aromatic rings. The molecule has 0 bridgehead atoms. The molecule has 0 radical (unpaired) electrons. The number of nitrogens with one attached hydrogen (secondary N) is 2. The van der Waals surface area contributed by atoms with Gasteiger partial charge in [-0.05, 0) is 18.2 Å². The van der Waals surface area contributed by atoms with Gasteiger partial charge in [0.2, 0.25) is 0 Å². The van der Waals surface area contributed by atoms with Crippen molar-refractivity contribution in [3.8, 4) is 22.8 Å². The van der Waals surface area contributed by atoms with Crippen LogP contribution in [0.15, 0.2) is 85.1 Å². The molecule has 0 unspecified atom stereocenters. The molecule has 0 aliphatic heterocycles. The van der Waals surface area contributed by atoms with Crippen molar-refractivity contribution in [3.05, 3.63) is 90.6 Å². The van der Waals surface area contributed by atoms with Crippen LogP contribution >= 0.6 is 0 Å². The second kappa shape index (κ2) is 7.33. The van der Waals surface area contributed by atoms with Gasteiger partial charge in [-0.3, -0.25) is 9.89 Å². The van der Waals surface area contributed by atoms with Gasteiger partial charge in [0.1, 0.15) is 0 Å². The largest absolute Gasteiger partial charge is 0.350 e. The summed E-state index contributed by atoms with van der Waals surface area (Å²) in [6, 6.07) is 25.2. The Bertz CT molecular complexity index is 1350. The minimum Gasteiger partial charge on any atom is -0.350 e. The number of carbonyl (C=O) groups is 1. The Kier molecular flexibility index (Phi) is 4.37. The summed E-state index contributed by atoms with van der Waals surface area (Å²) in [5, 5.41) is 11.3. The molecule has 0 aliphatic rings. The minimum atomic E-state index is -0.165. The van der Waals surface area contributed by atoms with Crippen LogP contribution in [0.1, 0.15) is 10.4 Å². The van der Waals surface area contributed by atoms with Crippen molar-refractivity contribution in [3.63, 3.8) is 0 Å². The fourth-order valence-corrected chi connectivity index (χ4v) is 3.61. The maximum Gasteiger partial charge on any atom is 0.257 e. The van der Waals surface area contributed by atoms with E-state index >= 15 is 0 Å². The fourth-order valence-electron chi connectivity index (χ4n) is 3.61. The normalized spacial score (nSPS) is 11.0. The molecule has 2 N–H and O–H groups in total. The number of anilines is 1. The summed E-state index contributed by atoms with van der Waals surface area (Å²) in [5.41, 5.74) is 4.02. The molecule has 6 heteroatoms. The van der Waals surface area contributed by atoms with Crippen molar-refractivity contribution in [2.24, 2.45) is 7.05 Å². The zero-order chi connectivity index (χ0) is 20.5. The van der Waals surface area contributed by atoms with Crippen LogP contribution in [0.2, 0.25) is 0 Å². The molecule has 5 rings (SSSR count). The highest BCUT2D eigenvalue weighted by atomic mass is 16.1. The molecule has 30 heavy (non-hydrogen) atoms. The highest BCUT2D eigenvalue weighted by molar-refractivity contribution is 6.13.